The molecule has 3 aromatic carbocycles. The van der Waals surface area contributed by atoms with Crippen molar-refractivity contribution in [2.75, 3.05) is 13.2 Å². The molecule has 0 heterocycles. The molecule has 6 heteroatoms. The lowest BCUT2D eigenvalue weighted by Gasteiger charge is -2.20. The molecule has 4 rings (SSSR count). The number of benzene rings is 3. The van der Waals surface area contributed by atoms with Crippen LogP contribution < -0.4 is 5.32 Å². The number of aliphatic hydroxyl groups is 2. The molecule has 6 nitrogen and oxygen atoms in total. The fraction of sp³-hybridized carbons (Fsp3) is 0.259. The molecule has 0 spiro atoms. The minimum Gasteiger partial charge on any atom is -0.449 e. The van der Waals surface area contributed by atoms with Gasteiger partial charge in [-0.3, -0.25) is 4.79 Å². The molecule has 0 radical (unpaired) electrons. The Kier molecular flexibility index (Phi) is 6.87. The van der Waals surface area contributed by atoms with Crippen LogP contribution in [0.15, 0.2) is 66.7 Å². The van der Waals surface area contributed by atoms with Gasteiger partial charge in [0.1, 0.15) is 19.0 Å². The second-order valence-corrected chi connectivity index (χ2v) is 8.29. The Balaban J connectivity index is 1.30. The quantitative estimate of drug-likeness (QED) is 0.453. The van der Waals surface area contributed by atoms with Gasteiger partial charge in [-0.1, -0.05) is 60.7 Å². The minimum absolute atomic E-state index is 0.0244. The summed E-state index contributed by atoms with van der Waals surface area (Å²) in [4.78, 5) is 23.3. The fourth-order valence-corrected chi connectivity index (χ4v) is 4.39. The SMILES string of the molecule is Cc1ccc(C=O)cc1C(O)C(O)CCNC(=O)OCC1c2ccccc2-c2ccccc21. The molecule has 3 N–H and O–H groups in total. The van der Waals surface area contributed by atoms with Crippen LogP contribution in [0, 0.1) is 6.92 Å². The van der Waals surface area contributed by atoms with Crippen molar-refractivity contribution in [2.24, 2.45) is 0 Å². The van der Waals surface area contributed by atoms with Crippen molar-refractivity contribution in [1.82, 2.24) is 5.32 Å². The summed E-state index contributed by atoms with van der Waals surface area (Å²) in [5, 5.41) is 23.5. The predicted octanol–water partition coefficient (Wildman–Crippen LogP) is 4.13. The van der Waals surface area contributed by atoms with Gasteiger partial charge >= 0.3 is 6.09 Å². The smallest absolute Gasteiger partial charge is 0.407 e. The lowest BCUT2D eigenvalue weighted by Crippen LogP contribution is -2.30. The van der Waals surface area contributed by atoms with E-state index in [4.69, 9.17) is 4.74 Å². The number of aryl methyl sites for hydroxylation is 1. The first-order valence-corrected chi connectivity index (χ1v) is 11.0. The molecular weight excluding hydrogens is 418 g/mol. The van der Waals surface area contributed by atoms with Crippen molar-refractivity contribution in [2.45, 2.75) is 31.5 Å². The van der Waals surface area contributed by atoms with E-state index in [9.17, 15) is 19.8 Å². The highest BCUT2D eigenvalue weighted by atomic mass is 16.5. The minimum atomic E-state index is -1.16. The maximum absolute atomic E-state index is 12.3. The fourth-order valence-electron chi connectivity index (χ4n) is 4.39. The third-order valence-corrected chi connectivity index (χ3v) is 6.18. The van der Waals surface area contributed by atoms with Gasteiger partial charge < -0.3 is 20.3 Å². The van der Waals surface area contributed by atoms with Crippen LogP contribution in [0.25, 0.3) is 11.1 Å². The van der Waals surface area contributed by atoms with Gasteiger partial charge in [0.2, 0.25) is 0 Å². The number of aliphatic hydroxyl groups excluding tert-OH is 2. The van der Waals surface area contributed by atoms with Crippen LogP contribution in [0.3, 0.4) is 0 Å². The number of nitrogens with one attached hydrogen (secondary N) is 1. The molecule has 0 bridgehead atoms. The van der Waals surface area contributed by atoms with Crippen LogP contribution in [0.1, 0.15) is 51.1 Å². The van der Waals surface area contributed by atoms with Crippen LogP contribution in [0.5, 0.6) is 0 Å². The van der Waals surface area contributed by atoms with Crippen molar-refractivity contribution in [3.05, 3.63) is 94.5 Å². The van der Waals surface area contributed by atoms with Crippen molar-refractivity contribution >= 4 is 12.4 Å². The summed E-state index contributed by atoms with van der Waals surface area (Å²) in [5.41, 5.74) is 6.29. The summed E-state index contributed by atoms with van der Waals surface area (Å²) in [6.45, 7) is 2.15. The summed E-state index contributed by atoms with van der Waals surface area (Å²) in [5.74, 6) is -0.0244. The first-order valence-electron chi connectivity index (χ1n) is 11.0. The van der Waals surface area contributed by atoms with Gasteiger partial charge in [0.15, 0.2) is 0 Å². The highest BCUT2D eigenvalue weighted by Gasteiger charge is 2.29. The summed E-state index contributed by atoms with van der Waals surface area (Å²) in [7, 11) is 0. The highest BCUT2D eigenvalue weighted by molar-refractivity contribution is 5.79. The molecule has 2 unspecified atom stereocenters. The standard InChI is InChI=1S/C27H27NO5/c1-17-10-11-18(15-29)14-23(17)26(31)25(30)12-13-28-27(32)33-16-24-21-8-4-2-6-19(21)20-7-3-5-9-22(20)24/h2-11,14-15,24-26,30-31H,12-13,16H2,1H3,(H,28,32). The van der Waals surface area contributed by atoms with Crippen molar-refractivity contribution in [3.8, 4) is 11.1 Å². The lowest BCUT2D eigenvalue weighted by atomic mass is 9.96. The van der Waals surface area contributed by atoms with E-state index in [1.54, 1.807) is 25.1 Å². The third kappa shape index (κ3) is 4.82. The van der Waals surface area contributed by atoms with Crippen LogP contribution in [0.4, 0.5) is 4.79 Å². The number of carbonyl (C=O) groups is 2. The van der Waals surface area contributed by atoms with E-state index in [1.165, 1.54) is 0 Å². The first-order chi connectivity index (χ1) is 16.0. The number of fused-ring (bicyclic) bond motifs is 3. The number of amides is 1. The predicted molar refractivity (Wildman–Crippen MR) is 125 cm³/mol. The number of ether oxygens (including phenoxy) is 1. The van der Waals surface area contributed by atoms with Crippen molar-refractivity contribution in [3.63, 3.8) is 0 Å². The van der Waals surface area contributed by atoms with E-state index in [0.29, 0.717) is 17.4 Å². The van der Waals surface area contributed by atoms with E-state index >= 15 is 0 Å². The summed E-state index contributed by atoms with van der Waals surface area (Å²) in [6, 6.07) is 21.2. The molecule has 1 amide bonds. The normalized spacial score (nSPS) is 14.2. The molecule has 33 heavy (non-hydrogen) atoms. The Morgan fingerprint density at radius 1 is 1.03 bits per heavy atom. The molecule has 0 aromatic heterocycles. The number of hydrogen-bond donors (Lipinski definition) is 3. The van der Waals surface area contributed by atoms with E-state index in [0.717, 1.165) is 27.8 Å². The van der Waals surface area contributed by atoms with E-state index in [1.807, 2.05) is 24.3 Å². The maximum Gasteiger partial charge on any atom is 0.407 e. The average molecular weight is 446 g/mol. The molecule has 0 fully saturated rings. The van der Waals surface area contributed by atoms with Crippen LogP contribution >= 0.6 is 0 Å². The van der Waals surface area contributed by atoms with Gasteiger partial charge in [0.25, 0.3) is 0 Å². The molecule has 3 aromatic rings. The molecule has 2 atom stereocenters. The monoisotopic (exact) mass is 445 g/mol. The average Bonchev–Trinajstić information content (AvgIpc) is 3.16. The van der Waals surface area contributed by atoms with Crippen LogP contribution in [-0.4, -0.2) is 41.8 Å². The summed E-state index contributed by atoms with van der Waals surface area (Å²) < 4.78 is 5.48. The highest BCUT2D eigenvalue weighted by Crippen LogP contribution is 2.44. The molecular formula is C27H27NO5. The summed E-state index contributed by atoms with van der Waals surface area (Å²) in [6.07, 6.45) is -2.00. The largest absolute Gasteiger partial charge is 0.449 e. The third-order valence-electron chi connectivity index (χ3n) is 6.18. The molecule has 1 aliphatic rings. The maximum atomic E-state index is 12.3. The summed E-state index contributed by atoms with van der Waals surface area (Å²) >= 11 is 0. The molecule has 0 aliphatic heterocycles. The van der Waals surface area contributed by atoms with E-state index in [-0.39, 0.29) is 25.5 Å². The number of carbonyl (C=O) groups excluding carboxylic acids is 2. The first kappa shape index (κ1) is 22.7. The number of alkyl carbamates (subject to hydrolysis) is 1. The van der Waals surface area contributed by atoms with Gasteiger partial charge in [-0.15, -0.1) is 0 Å². The number of hydrogen-bond acceptors (Lipinski definition) is 5. The number of rotatable bonds is 8. The van der Waals surface area contributed by atoms with Crippen LogP contribution in [0.2, 0.25) is 0 Å². The van der Waals surface area contributed by atoms with Gasteiger partial charge in [0.05, 0.1) is 6.10 Å². The van der Waals surface area contributed by atoms with Gasteiger partial charge in [-0.05, 0) is 52.8 Å². The second kappa shape index (κ2) is 9.98. The van der Waals surface area contributed by atoms with Crippen molar-refractivity contribution in [1.29, 1.82) is 0 Å². The van der Waals surface area contributed by atoms with Crippen molar-refractivity contribution < 1.29 is 24.5 Å². The molecule has 0 saturated heterocycles. The number of aldehydes is 1. The topological polar surface area (TPSA) is 95.9 Å². The molecule has 0 saturated carbocycles. The molecule has 170 valence electrons. The molecule has 1 aliphatic carbocycles. The Bertz CT molecular complexity index is 1110. The van der Waals surface area contributed by atoms with Gasteiger partial charge in [0, 0.05) is 18.0 Å². The van der Waals surface area contributed by atoms with Crippen LogP contribution in [-0.2, 0) is 4.74 Å². The zero-order valence-electron chi connectivity index (χ0n) is 18.4. The Labute approximate surface area is 192 Å². The zero-order chi connectivity index (χ0) is 23.4. The zero-order valence-corrected chi connectivity index (χ0v) is 18.4. The van der Waals surface area contributed by atoms with E-state index in [2.05, 4.69) is 29.6 Å². The van der Waals surface area contributed by atoms with Gasteiger partial charge in [-0.25, -0.2) is 4.79 Å². The Morgan fingerprint density at radius 3 is 2.30 bits per heavy atom. The Hall–Kier alpha value is -3.48. The lowest BCUT2D eigenvalue weighted by molar-refractivity contribution is 0.0133. The Morgan fingerprint density at radius 2 is 1.67 bits per heavy atom. The second-order valence-electron chi connectivity index (χ2n) is 8.29. The van der Waals surface area contributed by atoms with Gasteiger partial charge in [-0.2, -0.15) is 0 Å². The van der Waals surface area contributed by atoms with E-state index < -0.39 is 18.3 Å².